The number of nitrogens with one attached hydrogen (secondary N) is 1. The Bertz CT molecular complexity index is 1070. The molecule has 0 saturated carbocycles. The molecule has 1 amide bonds. The van der Waals surface area contributed by atoms with Gasteiger partial charge in [0.05, 0.1) is 0 Å². The smallest absolute Gasteiger partial charge is 0.322 e. The van der Waals surface area contributed by atoms with Gasteiger partial charge in [0.15, 0.2) is 6.61 Å². The van der Waals surface area contributed by atoms with Gasteiger partial charge in [-0.2, -0.15) is 5.10 Å². The number of nitrogens with zero attached hydrogens (tertiary/aromatic N) is 4. The summed E-state index contributed by atoms with van der Waals surface area (Å²) in [6, 6.07) is 15.3. The van der Waals surface area contributed by atoms with Crippen molar-refractivity contribution in [2.24, 2.45) is 7.05 Å². The maximum absolute atomic E-state index is 12.0. The van der Waals surface area contributed by atoms with Crippen LogP contribution in [0.5, 0.6) is 5.75 Å². The molecular weight excluding hydrogens is 334 g/mol. The van der Waals surface area contributed by atoms with Crippen LogP contribution in [-0.4, -0.2) is 32.5 Å². The number of benzene rings is 2. The Balaban J connectivity index is 1.38. The highest BCUT2D eigenvalue weighted by molar-refractivity contribution is 5.90. The number of amides is 1. The third-order valence-electron chi connectivity index (χ3n) is 3.80. The fourth-order valence-corrected chi connectivity index (χ4v) is 2.52. The lowest BCUT2D eigenvalue weighted by atomic mass is 10.1. The van der Waals surface area contributed by atoms with E-state index >= 15 is 0 Å². The fourth-order valence-electron chi connectivity index (χ4n) is 2.52. The summed E-state index contributed by atoms with van der Waals surface area (Å²) in [5, 5.41) is 16.4. The number of anilines is 1. The van der Waals surface area contributed by atoms with Crippen molar-refractivity contribution < 1.29 is 13.9 Å². The van der Waals surface area contributed by atoms with Gasteiger partial charge >= 0.3 is 6.01 Å². The number of carbonyl (C=O) groups is 1. The molecule has 4 aromatic rings. The van der Waals surface area contributed by atoms with E-state index in [2.05, 4.69) is 20.6 Å². The van der Waals surface area contributed by atoms with E-state index in [9.17, 15) is 4.79 Å². The van der Waals surface area contributed by atoms with Gasteiger partial charge in [-0.15, -0.1) is 5.10 Å². The number of fused-ring (bicyclic) bond motifs is 1. The molecule has 1 N–H and O–H groups in total. The summed E-state index contributed by atoms with van der Waals surface area (Å²) >= 11 is 0. The Hall–Kier alpha value is -3.68. The third-order valence-corrected chi connectivity index (χ3v) is 3.80. The van der Waals surface area contributed by atoms with Crippen molar-refractivity contribution >= 4 is 22.7 Å². The van der Waals surface area contributed by atoms with Crippen LogP contribution in [0.4, 0.5) is 6.01 Å². The monoisotopic (exact) mass is 349 g/mol. The van der Waals surface area contributed by atoms with Crippen molar-refractivity contribution in [1.29, 1.82) is 0 Å². The maximum Gasteiger partial charge on any atom is 0.322 e. The minimum absolute atomic E-state index is 0.00770. The molecule has 2 aromatic heterocycles. The van der Waals surface area contributed by atoms with Gasteiger partial charge in [-0.05, 0) is 29.0 Å². The fraction of sp³-hybridized carbons (Fsp3) is 0.111. The normalized spacial score (nSPS) is 10.8. The second-order valence-electron chi connectivity index (χ2n) is 5.60. The number of rotatable bonds is 5. The molecule has 130 valence electrons. The van der Waals surface area contributed by atoms with Crippen molar-refractivity contribution in [3.05, 3.63) is 54.7 Å². The average molecular weight is 349 g/mol. The zero-order valence-electron chi connectivity index (χ0n) is 13.9. The Morgan fingerprint density at radius 1 is 1.15 bits per heavy atom. The van der Waals surface area contributed by atoms with Crippen LogP contribution < -0.4 is 10.1 Å². The van der Waals surface area contributed by atoms with E-state index in [1.54, 1.807) is 24.0 Å². The Kier molecular flexibility index (Phi) is 4.06. The quantitative estimate of drug-likeness (QED) is 0.595. The highest BCUT2D eigenvalue weighted by Gasteiger charge is 2.14. The molecule has 0 atom stereocenters. The predicted octanol–water partition coefficient (Wildman–Crippen LogP) is 2.64. The first-order chi connectivity index (χ1) is 12.7. The van der Waals surface area contributed by atoms with Gasteiger partial charge in [0.1, 0.15) is 11.4 Å². The van der Waals surface area contributed by atoms with Crippen molar-refractivity contribution in [2.75, 3.05) is 11.9 Å². The standard InChI is InChI=1S/C18H15N5O3/c1-23-15(8-9-19-23)17-21-22-18(26-17)20-16(24)11-25-14-7-6-12-4-2-3-5-13(12)10-14/h2-10H,11H2,1H3,(H,20,22,24). The Morgan fingerprint density at radius 3 is 2.81 bits per heavy atom. The summed E-state index contributed by atoms with van der Waals surface area (Å²) in [6.07, 6.45) is 1.62. The highest BCUT2D eigenvalue weighted by Crippen LogP contribution is 2.21. The number of aromatic nitrogens is 4. The van der Waals surface area contributed by atoms with Gasteiger partial charge in [0.2, 0.25) is 0 Å². The molecule has 2 heterocycles. The minimum atomic E-state index is -0.390. The second-order valence-corrected chi connectivity index (χ2v) is 5.60. The van der Waals surface area contributed by atoms with Gasteiger partial charge in [-0.3, -0.25) is 14.8 Å². The molecule has 0 aliphatic heterocycles. The summed E-state index contributed by atoms with van der Waals surface area (Å²) in [7, 11) is 1.76. The summed E-state index contributed by atoms with van der Waals surface area (Å²) in [6.45, 7) is -0.165. The Labute approximate surface area is 148 Å². The van der Waals surface area contributed by atoms with E-state index < -0.39 is 5.91 Å². The molecule has 0 unspecified atom stereocenters. The molecule has 0 radical (unpaired) electrons. The number of ether oxygens (including phenoxy) is 1. The lowest BCUT2D eigenvalue weighted by molar-refractivity contribution is -0.118. The molecule has 0 fully saturated rings. The zero-order valence-corrected chi connectivity index (χ0v) is 13.9. The van der Waals surface area contributed by atoms with E-state index in [1.165, 1.54) is 0 Å². The number of aryl methyl sites for hydroxylation is 1. The number of hydrogen-bond donors (Lipinski definition) is 1. The van der Waals surface area contributed by atoms with Gasteiger partial charge in [-0.1, -0.05) is 35.4 Å². The maximum atomic E-state index is 12.0. The van der Waals surface area contributed by atoms with Crippen LogP contribution in [-0.2, 0) is 11.8 Å². The van der Waals surface area contributed by atoms with Gasteiger partial charge in [-0.25, -0.2) is 0 Å². The lowest BCUT2D eigenvalue weighted by Gasteiger charge is -2.06. The van der Waals surface area contributed by atoms with Crippen LogP contribution in [0.3, 0.4) is 0 Å². The van der Waals surface area contributed by atoms with E-state index in [1.807, 2.05) is 42.5 Å². The Morgan fingerprint density at radius 2 is 2.00 bits per heavy atom. The van der Waals surface area contributed by atoms with Crippen molar-refractivity contribution in [3.8, 4) is 17.3 Å². The van der Waals surface area contributed by atoms with E-state index in [4.69, 9.17) is 9.15 Å². The van der Waals surface area contributed by atoms with E-state index in [0.717, 1.165) is 10.8 Å². The highest BCUT2D eigenvalue weighted by atomic mass is 16.5. The molecule has 2 aromatic carbocycles. The molecular formula is C18H15N5O3. The lowest BCUT2D eigenvalue weighted by Crippen LogP contribution is -2.20. The molecule has 26 heavy (non-hydrogen) atoms. The van der Waals surface area contributed by atoms with Crippen LogP contribution in [0, 0.1) is 0 Å². The minimum Gasteiger partial charge on any atom is -0.484 e. The molecule has 4 rings (SSSR count). The molecule has 0 aliphatic carbocycles. The second kappa shape index (κ2) is 6.67. The van der Waals surface area contributed by atoms with E-state index in [0.29, 0.717) is 11.4 Å². The predicted molar refractivity (Wildman–Crippen MR) is 94.6 cm³/mol. The van der Waals surface area contributed by atoms with Gasteiger partial charge in [0, 0.05) is 13.2 Å². The molecule has 8 heteroatoms. The summed E-state index contributed by atoms with van der Waals surface area (Å²) < 4.78 is 12.5. The van der Waals surface area contributed by atoms with Crippen molar-refractivity contribution in [2.45, 2.75) is 0 Å². The summed E-state index contributed by atoms with van der Waals surface area (Å²) in [5.74, 6) is 0.495. The van der Waals surface area contributed by atoms with Crippen LogP contribution in [0.1, 0.15) is 0 Å². The first kappa shape index (κ1) is 15.8. The number of carbonyl (C=O) groups excluding carboxylic acids is 1. The van der Waals surface area contributed by atoms with Crippen LogP contribution >= 0.6 is 0 Å². The van der Waals surface area contributed by atoms with E-state index in [-0.39, 0.29) is 18.5 Å². The molecule has 8 nitrogen and oxygen atoms in total. The molecule has 0 bridgehead atoms. The first-order valence-corrected chi connectivity index (χ1v) is 7.92. The van der Waals surface area contributed by atoms with Crippen molar-refractivity contribution in [1.82, 2.24) is 20.0 Å². The van der Waals surface area contributed by atoms with Crippen LogP contribution in [0.2, 0.25) is 0 Å². The van der Waals surface area contributed by atoms with Gasteiger partial charge < -0.3 is 9.15 Å². The zero-order chi connectivity index (χ0) is 17.9. The summed E-state index contributed by atoms with van der Waals surface area (Å²) in [5.41, 5.74) is 0.658. The van der Waals surface area contributed by atoms with Crippen molar-refractivity contribution in [3.63, 3.8) is 0 Å². The largest absolute Gasteiger partial charge is 0.484 e. The topological polar surface area (TPSA) is 95.1 Å². The van der Waals surface area contributed by atoms with Crippen LogP contribution in [0.15, 0.2) is 59.1 Å². The average Bonchev–Trinajstić information content (AvgIpc) is 3.28. The van der Waals surface area contributed by atoms with Crippen LogP contribution in [0.25, 0.3) is 22.4 Å². The molecule has 0 saturated heterocycles. The van der Waals surface area contributed by atoms with Gasteiger partial charge in [0.25, 0.3) is 11.8 Å². The number of hydrogen-bond acceptors (Lipinski definition) is 6. The third kappa shape index (κ3) is 3.25. The SMILES string of the molecule is Cn1nccc1-c1nnc(NC(=O)COc2ccc3ccccc3c2)o1. The molecule has 0 aliphatic rings. The molecule has 0 spiro atoms. The first-order valence-electron chi connectivity index (χ1n) is 7.92. The summed E-state index contributed by atoms with van der Waals surface area (Å²) in [4.78, 5) is 12.0.